The average molecular weight is 658 g/mol. The van der Waals surface area contributed by atoms with Crippen LogP contribution in [0.3, 0.4) is 0 Å². The Bertz CT molecular complexity index is 1760. The van der Waals surface area contributed by atoms with Crippen LogP contribution in [0.1, 0.15) is 37.5 Å². The lowest BCUT2D eigenvalue weighted by Crippen LogP contribution is -2.56. The Kier molecular flexibility index (Phi) is 11.3. The van der Waals surface area contributed by atoms with Crippen molar-refractivity contribution in [2.24, 2.45) is 0 Å². The molecule has 47 heavy (non-hydrogen) atoms. The van der Waals surface area contributed by atoms with E-state index >= 15 is 0 Å². The number of ether oxygens (including phenoxy) is 2. The largest absolute Gasteiger partial charge is 0.493 e. The van der Waals surface area contributed by atoms with Crippen LogP contribution < -0.4 is 19.1 Å². The number of rotatable bonds is 13. The molecule has 0 fully saturated rings. The lowest BCUT2D eigenvalue weighted by atomic mass is 10.0. The van der Waals surface area contributed by atoms with Crippen molar-refractivity contribution in [3.05, 3.63) is 120 Å². The molecule has 4 rings (SSSR count). The molecule has 0 saturated heterocycles. The van der Waals surface area contributed by atoms with Crippen LogP contribution >= 0.6 is 0 Å². The van der Waals surface area contributed by atoms with E-state index in [9.17, 15) is 18.0 Å². The summed E-state index contributed by atoms with van der Waals surface area (Å²) in [4.78, 5) is 30.0. The van der Waals surface area contributed by atoms with Crippen molar-refractivity contribution < 1.29 is 27.5 Å². The zero-order chi connectivity index (χ0) is 34.2. The molecule has 0 aliphatic carbocycles. The summed E-state index contributed by atoms with van der Waals surface area (Å²) in [6.45, 7) is 7.14. The van der Waals surface area contributed by atoms with E-state index < -0.39 is 34.1 Å². The van der Waals surface area contributed by atoms with E-state index in [0.29, 0.717) is 11.4 Å². The first-order valence-electron chi connectivity index (χ1n) is 15.3. The third-order valence-electron chi connectivity index (χ3n) is 7.51. The number of sulfonamides is 1. The summed E-state index contributed by atoms with van der Waals surface area (Å²) in [6, 6.07) is 28.9. The highest BCUT2D eigenvalue weighted by Crippen LogP contribution is 2.32. The van der Waals surface area contributed by atoms with Gasteiger partial charge in [0, 0.05) is 24.6 Å². The van der Waals surface area contributed by atoms with Crippen LogP contribution in [0.15, 0.2) is 108 Å². The van der Waals surface area contributed by atoms with E-state index in [-0.39, 0.29) is 29.5 Å². The van der Waals surface area contributed by atoms with Crippen molar-refractivity contribution >= 4 is 27.5 Å². The Morgan fingerprint density at radius 2 is 1.38 bits per heavy atom. The number of amides is 2. The second kappa shape index (κ2) is 15.2. The summed E-state index contributed by atoms with van der Waals surface area (Å²) in [6.07, 6.45) is 0.230. The van der Waals surface area contributed by atoms with Gasteiger partial charge in [-0.1, -0.05) is 78.4 Å². The first kappa shape index (κ1) is 35.0. The smallest absolute Gasteiger partial charge is 0.264 e. The van der Waals surface area contributed by atoms with Crippen molar-refractivity contribution in [3.63, 3.8) is 0 Å². The number of nitrogens with one attached hydrogen (secondary N) is 1. The molecule has 0 radical (unpaired) electrons. The van der Waals surface area contributed by atoms with Gasteiger partial charge < -0.3 is 19.7 Å². The quantitative estimate of drug-likeness (QED) is 0.196. The first-order valence-corrected chi connectivity index (χ1v) is 16.8. The second-order valence-corrected chi connectivity index (χ2v) is 14.2. The molecule has 0 unspecified atom stereocenters. The van der Waals surface area contributed by atoms with Gasteiger partial charge in [0.1, 0.15) is 12.6 Å². The molecule has 1 N–H and O–H groups in total. The Morgan fingerprint density at radius 1 is 0.787 bits per heavy atom. The molecule has 0 heterocycles. The molecule has 1 atom stereocenters. The van der Waals surface area contributed by atoms with E-state index in [2.05, 4.69) is 5.32 Å². The minimum absolute atomic E-state index is 0.0804. The normalized spacial score (nSPS) is 12.1. The number of hydrogen-bond donors (Lipinski definition) is 1. The van der Waals surface area contributed by atoms with Crippen molar-refractivity contribution in [1.29, 1.82) is 0 Å². The molecule has 0 aromatic heterocycles. The fourth-order valence-electron chi connectivity index (χ4n) is 5.12. The van der Waals surface area contributed by atoms with Gasteiger partial charge in [-0.3, -0.25) is 13.9 Å². The number of anilines is 1. The van der Waals surface area contributed by atoms with Crippen LogP contribution in [-0.2, 0) is 32.6 Å². The Morgan fingerprint density at radius 3 is 1.96 bits per heavy atom. The van der Waals surface area contributed by atoms with Crippen molar-refractivity contribution in [1.82, 2.24) is 10.2 Å². The molecule has 4 aromatic rings. The van der Waals surface area contributed by atoms with E-state index in [0.717, 1.165) is 21.0 Å². The highest BCUT2D eigenvalue weighted by atomic mass is 32.2. The van der Waals surface area contributed by atoms with Gasteiger partial charge in [0.2, 0.25) is 11.8 Å². The summed E-state index contributed by atoms with van der Waals surface area (Å²) in [5.74, 6) is -0.276. The fourth-order valence-corrected chi connectivity index (χ4v) is 6.55. The lowest BCUT2D eigenvalue weighted by molar-refractivity contribution is -0.140. The zero-order valence-electron chi connectivity index (χ0n) is 27.8. The summed E-state index contributed by atoms with van der Waals surface area (Å²) < 4.78 is 40.4. The third kappa shape index (κ3) is 9.13. The SMILES string of the molecule is COc1ccc(S(=O)(=O)N(CC(=O)N(Cc2ccc(C)cc2)[C@@H](Cc2ccccc2)C(=O)NC(C)(C)C)c2ccccc2)cc1OC. The number of hydrogen-bond acceptors (Lipinski definition) is 6. The zero-order valence-corrected chi connectivity index (χ0v) is 28.6. The Labute approximate surface area is 278 Å². The van der Waals surface area contributed by atoms with E-state index in [4.69, 9.17) is 9.47 Å². The predicted molar refractivity (Wildman–Crippen MR) is 184 cm³/mol. The standard InChI is InChI=1S/C37H43N3O6S/c1-27-17-19-29(20-18-27)25-39(32(36(42)38-37(2,3)4)23-28-13-9-7-10-14-28)35(41)26-40(30-15-11-8-12-16-30)47(43,44)31-21-22-33(45-5)34(24-31)46-6/h7-22,24,32H,23,25-26H2,1-6H3,(H,38,42)/t32-/m0/s1. The molecule has 10 heteroatoms. The highest BCUT2D eigenvalue weighted by Gasteiger charge is 2.36. The van der Waals surface area contributed by atoms with Crippen LogP contribution in [0.2, 0.25) is 0 Å². The highest BCUT2D eigenvalue weighted by molar-refractivity contribution is 7.92. The van der Waals surface area contributed by atoms with Gasteiger partial charge in [0.25, 0.3) is 10.0 Å². The van der Waals surface area contributed by atoms with Gasteiger partial charge in [-0.15, -0.1) is 0 Å². The summed E-state index contributed by atoms with van der Waals surface area (Å²) in [7, 11) is -1.42. The van der Waals surface area contributed by atoms with E-state index in [1.54, 1.807) is 30.3 Å². The van der Waals surface area contributed by atoms with Crippen LogP contribution in [0.4, 0.5) is 5.69 Å². The van der Waals surface area contributed by atoms with E-state index in [1.165, 1.54) is 37.3 Å². The summed E-state index contributed by atoms with van der Waals surface area (Å²) in [5.41, 5.74) is 2.44. The van der Waals surface area contributed by atoms with Crippen LogP contribution in [0, 0.1) is 6.92 Å². The number of benzene rings is 4. The van der Waals surface area contributed by atoms with Gasteiger partial charge in [0.15, 0.2) is 11.5 Å². The van der Waals surface area contributed by atoms with Crippen LogP contribution in [-0.4, -0.2) is 57.5 Å². The molecule has 0 spiro atoms. The minimum atomic E-state index is -4.30. The monoisotopic (exact) mass is 657 g/mol. The number of methoxy groups -OCH3 is 2. The predicted octanol–water partition coefficient (Wildman–Crippen LogP) is 5.76. The fraction of sp³-hybridized carbons (Fsp3) is 0.297. The lowest BCUT2D eigenvalue weighted by Gasteiger charge is -2.35. The third-order valence-corrected chi connectivity index (χ3v) is 9.28. The number of para-hydroxylation sites is 1. The first-order chi connectivity index (χ1) is 22.3. The van der Waals surface area contributed by atoms with Gasteiger partial charge >= 0.3 is 0 Å². The number of carbonyl (C=O) groups is 2. The Hall–Kier alpha value is -4.83. The van der Waals surface area contributed by atoms with Crippen molar-refractivity contribution in [3.8, 4) is 11.5 Å². The van der Waals surface area contributed by atoms with Crippen LogP contribution in [0.5, 0.6) is 11.5 Å². The second-order valence-electron chi connectivity index (χ2n) is 12.3. The minimum Gasteiger partial charge on any atom is -0.493 e. The van der Waals surface area contributed by atoms with Crippen molar-refractivity contribution in [2.45, 2.75) is 57.1 Å². The molecular weight excluding hydrogens is 614 g/mol. The van der Waals surface area contributed by atoms with E-state index in [1.807, 2.05) is 82.3 Å². The molecule has 0 aliphatic heterocycles. The maximum Gasteiger partial charge on any atom is 0.264 e. The molecule has 0 saturated carbocycles. The molecule has 0 bridgehead atoms. The maximum absolute atomic E-state index is 14.6. The van der Waals surface area contributed by atoms with Gasteiger partial charge in [-0.25, -0.2) is 8.42 Å². The van der Waals surface area contributed by atoms with Gasteiger partial charge in [-0.2, -0.15) is 0 Å². The topological polar surface area (TPSA) is 105 Å². The number of nitrogens with zero attached hydrogens (tertiary/aromatic N) is 2. The van der Waals surface area contributed by atoms with Crippen molar-refractivity contribution in [2.75, 3.05) is 25.1 Å². The van der Waals surface area contributed by atoms with Crippen LogP contribution in [0.25, 0.3) is 0 Å². The molecule has 2 amide bonds. The average Bonchev–Trinajstić information content (AvgIpc) is 3.05. The van der Waals surface area contributed by atoms with Gasteiger partial charge in [0.05, 0.1) is 24.8 Å². The summed E-state index contributed by atoms with van der Waals surface area (Å²) >= 11 is 0. The maximum atomic E-state index is 14.6. The molecule has 4 aromatic carbocycles. The van der Waals surface area contributed by atoms with Gasteiger partial charge in [-0.05, 0) is 63.1 Å². The Balaban J connectivity index is 1.82. The summed E-state index contributed by atoms with van der Waals surface area (Å²) in [5, 5.41) is 3.04. The molecule has 248 valence electrons. The molecule has 0 aliphatic rings. The number of carbonyl (C=O) groups excluding carboxylic acids is 2. The number of aryl methyl sites for hydroxylation is 1. The molecule has 9 nitrogen and oxygen atoms in total. The molecular formula is C37H43N3O6S.